The van der Waals surface area contributed by atoms with E-state index < -0.39 is 33.5 Å². The number of aliphatic hydroxyl groups excluding tert-OH is 1. The number of nitrogens with zero attached hydrogens (tertiary/aromatic N) is 2. The fourth-order valence-electron chi connectivity index (χ4n) is 2.99. The molecule has 2 N–H and O–H groups in total. The van der Waals surface area contributed by atoms with Gasteiger partial charge in [0.1, 0.15) is 6.54 Å². The van der Waals surface area contributed by atoms with Gasteiger partial charge in [-0.05, 0) is 23.8 Å². The summed E-state index contributed by atoms with van der Waals surface area (Å²) in [7, 11) is -4.19. The summed E-state index contributed by atoms with van der Waals surface area (Å²) in [5.41, 5.74) is 0.262. The first-order chi connectivity index (χ1) is 15.3. The molecule has 3 aromatic carbocycles. The number of rotatable bonds is 9. The molecular weight excluding hydrogens is 434 g/mol. The molecule has 32 heavy (non-hydrogen) atoms. The molecule has 0 aliphatic rings. The molecule has 10 heteroatoms. The molecule has 9 nitrogen and oxygen atoms in total. The number of hydrogen-bond acceptors (Lipinski definition) is 6. The van der Waals surface area contributed by atoms with Crippen LogP contribution in [-0.4, -0.2) is 37.4 Å². The molecule has 0 aromatic heterocycles. The summed E-state index contributed by atoms with van der Waals surface area (Å²) < 4.78 is 27.3. The third kappa shape index (κ3) is 5.48. The number of sulfonamides is 1. The molecule has 0 fully saturated rings. The van der Waals surface area contributed by atoms with Crippen LogP contribution in [0.3, 0.4) is 0 Å². The monoisotopic (exact) mass is 455 g/mol. The predicted molar refractivity (Wildman–Crippen MR) is 118 cm³/mol. The highest BCUT2D eigenvalue weighted by Gasteiger charge is 2.28. The molecule has 0 spiro atoms. The van der Waals surface area contributed by atoms with Crippen LogP contribution in [0.2, 0.25) is 0 Å². The van der Waals surface area contributed by atoms with Gasteiger partial charge in [0, 0.05) is 18.7 Å². The maximum absolute atomic E-state index is 13.2. The number of non-ortho nitro benzene ring substituents is 1. The van der Waals surface area contributed by atoms with E-state index in [9.17, 15) is 28.4 Å². The van der Waals surface area contributed by atoms with Gasteiger partial charge in [0.15, 0.2) is 0 Å². The summed E-state index contributed by atoms with van der Waals surface area (Å²) >= 11 is 0. The molecule has 1 atom stereocenters. The SMILES string of the molecule is O=C(CN(c1cccc([N+](=O)[O-])c1)S(=O)(=O)c1ccccc1)NCC(O)c1ccccc1. The lowest BCUT2D eigenvalue weighted by Gasteiger charge is -2.24. The van der Waals surface area contributed by atoms with E-state index >= 15 is 0 Å². The summed E-state index contributed by atoms with van der Waals surface area (Å²) in [5.74, 6) is -0.675. The van der Waals surface area contributed by atoms with Crippen LogP contribution in [-0.2, 0) is 14.8 Å². The van der Waals surface area contributed by atoms with Crippen LogP contribution in [0.15, 0.2) is 89.8 Å². The number of nitro groups is 1. The Hall–Kier alpha value is -3.76. The maximum atomic E-state index is 13.2. The summed E-state index contributed by atoms with van der Waals surface area (Å²) in [6, 6.07) is 21.2. The van der Waals surface area contributed by atoms with Gasteiger partial charge in [0.25, 0.3) is 15.7 Å². The van der Waals surface area contributed by atoms with Crippen LogP contribution in [0.4, 0.5) is 11.4 Å². The molecule has 0 saturated carbocycles. The molecule has 1 unspecified atom stereocenters. The van der Waals surface area contributed by atoms with Crippen LogP contribution in [0.1, 0.15) is 11.7 Å². The summed E-state index contributed by atoms with van der Waals surface area (Å²) in [6.45, 7) is -0.753. The highest BCUT2D eigenvalue weighted by Crippen LogP contribution is 2.26. The molecule has 0 radical (unpaired) electrons. The quantitative estimate of drug-likeness (QED) is 0.377. The van der Waals surface area contributed by atoms with Crippen molar-refractivity contribution in [2.75, 3.05) is 17.4 Å². The number of nitrogens with one attached hydrogen (secondary N) is 1. The Morgan fingerprint density at radius 1 is 1.00 bits per heavy atom. The number of hydrogen-bond donors (Lipinski definition) is 2. The van der Waals surface area contributed by atoms with Crippen molar-refractivity contribution in [2.45, 2.75) is 11.0 Å². The topological polar surface area (TPSA) is 130 Å². The van der Waals surface area contributed by atoms with Crippen LogP contribution in [0.25, 0.3) is 0 Å². The Morgan fingerprint density at radius 2 is 1.62 bits per heavy atom. The Bertz CT molecular complexity index is 1190. The van der Waals surface area contributed by atoms with Crippen molar-refractivity contribution in [1.82, 2.24) is 5.32 Å². The second-order valence-electron chi connectivity index (χ2n) is 6.83. The van der Waals surface area contributed by atoms with Crippen molar-refractivity contribution in [2.24, 2.45) is 0 Å². The third-order valence-corrected chi connectivity index (χ3v) is 6.41. The number of benzene rings is 3. The standard InChI is InChI=1S/C22H21N3O6S/c26-21(17-8-3-1-4-9-17)15-23-22(27)16-24(18-10-7-11-19(14-18)25(28)29)32(30,31)20-12-5-2-6-13-20/h1-14,21,26H,15-16H2,(H,23,27). The predicted octanol–water partition coefficient (Wildman–Crippen LogP) is 2.64. The van der Waals surface area contributed by atoms with Gasteiger partial charge < -0.3 is 10.4 Å². The molecule has 0 bridgehead atoms. The van der Waals surface area contributed by atoms with Gasteiger partial charge in [0.2, 0.25) is 5.91 Å². The van der Waals surface area contributed by atoms with E-state index in [1.54, 1.807) is 36.4 Å². The van der Waals surface area contributed by atoms with Gasteiger partial charge in [-0.2, -0.15) is 0 Å². The van der Waals surface area contributed by atoms with Crippen molar-refractivity contribution >= 4 is 27.3 Å². The number of nitro benzene ring substituents is 1. The third-order valence-electron chi connectivity index (χ3n) is 4.62. The first kappa shape index (κ1) is 22.9. The maximum Gasteiger partial charge on any atom is 0.271 e. The lowest BCUT2D eigenvalue weighted by atomic mass is 10.1. The summed E-state index contributed by atoms with van der Waals surface area (Å²) in [5, 5.41) is 23.9. The van der Waals surface area contributed by atoms with Crippen molar-refractivity contribution in [1.29, 1.82) is 0 Å². The largest absolute Gasteiger partial charge is 0.387 e. The van der Waals surface area contributed by atoms with E-state index in [1.807, 2.05) is 0 Å². The zero-order valence-electron chi connectivity index (χ0n) is 16.9. The van der Waals surface area contributed by atoms with Gasteiger partial charge in [-0.15, -0.1) is 0 Å². The lowest BCUT2D eigenvalue weighted by Crippen LogP contribution is -2.42. The average molecular weight is 455 g/mol. The zero-order valence-corrected chi connectivity index (χ0v) is 17.7. The Labute approximate surface area is 185 Å². The number of amides is 1. The molecular formula is C22H21N3O6S. The minimum Gasteiger partial charge on any atom is -0.387 e. The van der Waals surface area contributed by atoms with Gasteiger partial charge in [-0.25, -0.2) is 8.42 Å². The molecule has 0 heterocycles. The van der Waals surface area contributed by atoms with Crippen LogP contribution in [0, 0.1) is 10.1 Å². The average Bonchev–Trinajstić information content (AvgIpc) is 2.82. The zero-order chi connectivity index (χ0) is 23.1. The Kier molecular flexibility index (Phi) is 7.18. The molecule has 3 rings (SSSR count). The van der Waals surface area contributed by atoms with E-state index in [-0.39, 0.29) is 22.8 Å². The van der Waals surface area contributed by atoms with E-state index in [1.165, 1.54) is 42.5 Å². The highest BCUT2D eigenvalue weighted by atomic mass is 32.2. The molecule has 166 valence electrons. The molecule has 0 saturated heterocycles. The van der Waals surface area contributed by atoms with Gasteiger partial charge in [-0.3, -0.25) is 19.2 Å². The van der Waals surface area contributed by atoms with Crippen molar-refractivity contribution in [3.05, 3.63) is 101 Å². The second-order valence-corrected chi connectivity index (χ2v) is 8.69. The minimum absolute atomic E-state index is 0.0261. The summed E-state index contributed by atoms with van der Waals surface area (Å²) in [6.07, 6.45) is -0.975. The van der Waals surface area contributed by atoms with Crippen molar-refractivity contribution in [3.63, 3.8) is 0 Å². The number of carbonyl (C=O) groups excluding carboxylic acids is 1. The van der Waals surface area contributed by atoms with Crippen molar-refractivity contribution < 1.29 is 23.2 Å². The molecule has 0 aliphatic heterocycles. The first-order valence-electron chi connectivity index (χ1n) is 9.61. The minimum atomic E-state index is -4.19. The van der Waals surface area contributed by atoms with Crippen molar-refractivity contribution in [3.8, 4) is 0 Å². The first-order valence-corrected chi connectivity index (χ1v) is 11.0. The molecule has 1 amide bonds. The summed E-state index contributed by atoms with van der Waals surface area (Å²) in [4.78, 5) is 23.0. The van der Waals surface area contributed by atoms with E-state index in [2.05, 4.69) is 5.32 Å². The number of carbonyl (C=O) groups is 1. The van der Waals surface area contributed by atoms with E-state index in [4.69, 9.17) is 0 Å². The lowest BCUT2D eigenvalue weighted by molar-refractivity contribution is -0.384. The van der Waals surface area contributed by atoms with Gasteiger partial charge >= 0.3 is 0 Å². The van der Waals surface area contributed by atoms with E-state index in [0.29, 0.717) is 5.56 Å². The second kappa shape index (κ2) is 10.0. The fourth-order valence-corrected chi connectivity index (χ4v) is 4.42. The molecule has 3 aromatic rings. The fraction of sp³-hybridized carbons (Fsp3) is 0.136. The van der Waals surface area contributed by atoms with Gasteiger partial charge in [0.05, 0.1) is 21.6 Å². The number of anilines is 1. The van der Waals surface area contributed by atoms with E-state index in [0.717, 1.165) is 10.4 Å². The smallest absolute Gasteiger partial charge is 0.271 e. The Morgan fingerprint density at radius 3 is 2.25 bits per heavy atom. The normalized spacial score (nSPS) is 12.0. The molecule has 0 aliphatic carbocycles. The number of aliphatic hydroxyl groups is 1. The van der Waals surface area contributed by atoms with Crippen LogP contribution < -0.4 is 9.62 Å². The van der Waals surface area contributed by atoms with Crippen LogP contribution >= 0.6 is 0 Å². The van der Waals surface area contributed by atoms with Gasteiger partial charge in [-0.1, -0.05) is 54.6 Å². The highest BCUT2D eigenvalue weighted by molar-refractivity contribution is 7.92. The Balaban J connectivity index is 1.85. The van der Waals surface area contributed by atoms with Crippen LogP contribution in [0.5, 0.6) is 0 Å².